The van der Waals surface area contributed by atoms with E-state index in [9.17, 15) is 27.9 Å². The van der Waals surface area contributed by atoms with Crippen molar-refractivity contribution in [3.05, 3.63) is 41.2 Å². The predicted octanol–water partition coefficient (Wildman–Crippen LogP) is 2.31. The summed E-state index contributed by atoms with van der Waals surface area (Å²) < 4.78 is 47.2. The average Bonchev–Trinajstić information content (AvgIpc) is 2.88. The lowest BCUT2D eigenvalue weighted by atomic mass is 10.1. The Kier molecular flexibility index (Phi) is 4.79. The van der Waals surface area contributed by atoms with Crippen LogP contribution in [-0.2, 0) is 4.74 Å². The number of hydrogen-bond acceptors (Lipinski definition) is 6. The van der Waals surface area contributed by atoms with Crippen LogP contribution in [0.3, 0.4) is 0 Å². The number of aromatic carboxylic acids is 1. The van der Waals surface area contributed by atoms with Gasteiger partial charge in [0, 0.05) is 6.20 Å². The number of esters is 1. The molecule has 0 amide bonds. The van der Waals surface area contributed by atoms with Crippen LogP contribution in [0.1, 0.15) is 26.4 Å². The molecule has 1 heterocycles. The standard InChI is InChI=1S/C15H10F3N3O5/c1-25-14(24)12-10(20)7(5-19)6-21(12)11-8(13(22)23)3-2-4-9(11)26-15(16,17)18/h2-4,6H,20H2,1H3,(H,22,23). The number of carboxylic acids is 1. The van der Waals surface area contributed by atoms with Crippen LogP contribution in [0.5, 0.6) is 5.75 Å². The number of hydrogen-bond donors (Lipinski definition) is 2. The first-order chi connectivity index (χ1) is 12.1. The Morgan fingerprint density at radius 2 is 2.00 bits per heavy atom. The zero-order valence-electron chi connectivity index (χ0n) is 13.0. The fourth-order valence-electron chi connectivity index (χ4n) is 2.24. The summed E-state index contributed by atoms with van der Waals surface area (Å²) in [7, 11) is 0.987. The smallest absolute Gasteiger partial charge is 0.478 e. The number of methoxy groups -OCH3 is 1. The topological polar surface area (TPSA) is 128 Å². The Morgan fingerprint density at radius 1 is 1.35 bits per heavy atom. The number of ether oxygens (including phenoxy) is 2. The Morgan fingerprint density at radius 3 is 2.50 bits per heavy atom. The highest BCUT2D eigenvalue weighted by Crippen LogP contribution is 2.35. The van der Waals surface area contributed by atoms with E-state index < -0.39 is 41.0 Å². The van der Waals surface area contributed by atoms with Gasteiger partial charge in [-0.25, -0.2) is 9.59 Å². The maximum atomic E-state index is 12.7. The van der Waals surface area contributed by atoms with Crippen molar-refractivity contribution in [2.24, 2.45) is 0 Å². The summed E-state index contributed by atoms with van der Waals surface area (Å²) in [5.74, 6) is -3.57. The third-order valence-corrected chi connectivity index (χ3v) is 3.24. The Bertz CT molecular complexity index is 928. The van der Waals surface area contributed by atoms with Gasteiger partial charge in [-0.15, -0.1) is 13.2 Å². The Balaban J connectivity index is 2.89. The molecule has 0 spiro atoms. The minimum Gasteiger partial charge on any atom is -0.478 e. The van der Waals surface area contributed by atoms with Crippen LogP contribution in [0.25, 0.3) is 5.69 Å². The van der Waals surface area contributed by atoms with Crippen LogP contribution in [0.2, 0.25) is 0 Å². The highest BCUT2D eigenvalue weighted by molar-refractivity contribution is 5.98. The van der Waals surface area contributed by atoms with Gasteiger partial charge >= 0.3 is 18.3 Å². The lowest BCUT2D eigenvalue weighted by molar-refractivity contribution is -0.274. The molecular weight excluding hydrogens is 359 g/mol. The van der Waals surface area contributed by atoms with E-state index >= 15 is 0 Å². The molecule has 2 rings (SSSR count). The van der Waals surface area contributed by atoms with E-state index in [4.69, 9.17) is 11.0 Å². The number of benzene rings is 1. The molecule has 0 radical (unpaired) electrons. The van der Waals surface area contributed by atoms with Gasteiger partial charge < -0.3 is 24.9 Å². The molecule has 0 saturated carbocycles. The molecule has 0 saturated heterocycles. The van der Waals surface area contributed by atoms with E-state index in [-0.39, 0.29) is 11.3 Å². The molecule has 2 aromatic rings. The molecule has 0 aliphatic heterocycles. The number of nitriles is 1. The first kappa shape index (κ1) is 18.7. The molecule has 11 heteroatoms. The van der Waals surface area contributed by atoms with Crippen LogP contribution in [0.15, 0.2) is 24.4 Å². The van der Waals surface area contributed by atoms with Gasteiger partial charge in [0.2, 0.25) is 0 Å². The molecule has 0 fully saturated rings. The summed E-state index contributed by atoms with van der Waals surface area (Å²) in [6, 6.07) is 4.55. The molecule has 3 N–H and O–H groups in total. The summed E-state index contributed by atoms with van der Waals surface area (Å²) in [5, 5.41) is 18.4. The number of carbonyl (C=O) groups is 2. The van der Waals surface area contributed by atoms with Crippen LogP contribution < -0.4 is 10.5 Å². The van der Waals surface area contributed by atoms with Gasteiger partial charge in [-0.3, -0.25) is 0 Å². The highest BCUT2D eigenvalue weighted by Gasteiger charge is 2.34. The molecule has 1 aromatic heterocycles. The molecule has 0 bridgehead atoms. The summed E-state index contributed by atoms with van der Waals surface area (Å²) in [4.78, 5) is 23.5. The first-order valence-electron chi connectivity index (χ1n) is 6.72. The van der Waals surface area contributed by atoms with Gasteiger partial charge in [-0.2, -0.15) is 5.26 Å². The van der Waals surface area contributed by atoms with Crippen LogP contribution in [0.4, 0.5) is 18.9 Å². The van der Waals surface area contributed by atoms with E-state index in [1.165, 1.54) is 0 Å². The SMILES string of the molecule is COC(=O)c1c(N)c(C#N)cn1-c1c(OC(F)(F)F)cccc1C(=O)O. The number of carboxylic acid groups (broad SMARTS) is 1. The third-order valence-electron chi connectivity index (χ3n) is 3.24. The summed E-state index contributed by atoms with van der Waals surface area (Å²) in [6.45, 7) is 0. The number of para-hydroxylation sites is 1. The maximum Gasteiger partial charge on any atom is 0.573 e. The molecule has 0 unspecified atom stereocenters. The van der Waals surface area contributed by atoms with Crippen LogP contribution in [0, 0.1) is 11.3 Å². The molecule has 0 aliphatic rings. The fraction of sp³-hybridized carbons (Fsp3) is 0.133. The fourth-order valence-corrected chi connectivity index (χ4v) is 2.24. The van der Waals surface area contributed by atoms with Crippen molar-refractivity contribution in [2.45, 2.75) is 6.36 Å². The van der Waals surface area contributed by atoms with Gasteiger partial charge in [0.1, 0.15) is 11.8 Å². The van der Waals surface area contributed by atoms with Crippen molar-refractivity contribution in [1.29, 1.82) is 5.26 Å². The molecular formula is C15H10F3N3O5. The normalized spacial score (nSPS) is 10.9. The summed E-state index contributed by atoms with van der Waals surface area (Å²) >= 11 is 0. The van der Waals surface area contributed by atoms with Gasteiger partial charge in [-0.05, 0) is 12.1 Å². The lowest BCUT2D eigenvalue weighted by Gasteiger charge is -2.17. The molecule has 8 nitrogen and oxygen atoms in total. The molecule has 0 atom stereocenters. The van der Waals surface area contributed by atoms with E-state index in [1.54, 1.807) is 6.07 Å². The lowest BCUT2D eigenvalue weighted by Crippen LogP contribution is -2.20. The number of carbonyl (C=O) groups excluding carboxylic acids is 1. The molecule has 26 heavy (non-hydrogen) atoms. The van der Waals surface area contributed by atoms with Gasteiger partial charge in [0.25, 0.3) is 0 Å². The van der Waals surface area contributed by atoms with Crippen molar-refractivity contribution >= 4 is 17.6 Å². The maximum absolute atomic E-state index is 12.7. The summed E-state index contributed by atoms with van der Waals surface area (Å²) in [6.07, 6.45) is -4.21. The second-order valence-corrected chi connectivity index (χ2v) is 4.78. The average molecular weight is 369 g/mol. The van der Waals surface area contributed by atoms with Crippen molar-refractivity contribution in [1.82, 2.24) is 4.57 Å². The van der Waals surface area contributed by atoms with Crippen molar-refractivity contribution in [3.8, 4) is 17.5 Å². The van der Waals surface area contributed by atoms with Crippen LogP contribution in [-0.4, -0.2) is 35.1 Å². The zero-order chi connectivity index (χ0) is 19.6. The summed E-state index contributed by atoms with van der Waals surface area (Å²) in [5.41, 5.74) is 3.28. The van der Waals surface area contributed by atoms with Gasteiger partial charge in [-0.1, -0.05) is 6.07 Å². The van der Waals surface area contributed by atoms with Crippen LogP contribution >= 0.6 is 0 Å². The largest absolute Gasteiger partial charge is 0.573 e. The third kappa shape index (κ3) is 3.39. The molecule has 0 aliphatic carbocycles. The zero-order valence-corrected chi connectivity index (χ0v) is 13.0. The second kappa shape index (κ2) is 6.67. The highest BCUT2D eigenvalue weighted by atomic mass is 19.4. The number of alkyl halides is 3. The predicted molar refractivity (Wildman–Crippen MR) is 79.9 cm³/mol. The van der Waals surface area contributed by atoms with Gasteiger partial charge in [0.15, 0.2) is 11.4 Å². The minimum atomic E-state index is -5.13. The number of rotatable bonds is 4. The Labute approximate surface area is 143 Å². The van der Waals surface area contributed by atoms with Crippen molar-refractivity contribution in [3.63, 3.8) is 0 Å². The van der Waals surface area contributed by atoms with E-state index in [1.807, 2.05) is 0 Å². The number of aromatic nitrogens is 1. The minimum absolute atomic E-state index is 0.261. The quantitative estimate of drug-likeness (QED) is 0.792. The Hall–Kier alpha value is -3.68. The first-order valence-corrected chi connectivity index (χ1v) is 6.72. The van der Waals surface area contributed by atoms with Crippen molar-refractivity contribution in [2.75, 3.05) is 12.8 Å². The van der Waals surface area contributed by atoms with Crippen molar-refractivity contribution < 1.29 is 37.3 Å². The monoisotopic (exact) mass is 369 g/mol. The number of halogens is 3. The van der Waals surface area contributed by atoms with E-state index in [0.29, 0.717) is 0 Å². The molecule has 136 valence electrons. The molecule has 1 aromatic carbocycles. The number of nitrogens with zero attached hydrogens (tertiary/aromatic N) is 2. The van der Waals surface area contributed by atoms with E-state index in [2.05, 4.69) is 9.47 Å². The number of nitrogen functional groups attached to an aromatic ring is 1. The van der Waals surface area contributed by atoms with E-state index in [0.717, 1.165) is 36.1 Å². The number of nitrogens with two attached hydrogens (primary N) is 1. The second-order valence-electron chi connectivity index (χ2n) is 4.78. The number of anilines is 1. The van der Waals surface area contributed by atoms with Gasteiger partial charge in [0.05, 0.1) is 23.9 Å².